The minimum absolute atomic E-state index is 0.277. The van der Waals surface area contributed by atoms with E-state index in [9.17, 15) is 5.11 Å². The molecule has 86 valence electrons. The van der Waals surface area contributed by atoms with E-state index in [1.165, 1.54) is 0 Å². The number of fused-ring (bicyclic) bond motifs is 1. The van der Waals surface area contributed by atoms with Crippen LogP contribution in [0.1, 0.15) is 5.69 Å². The fourth-order valence-corrected chi connectivity index (χ4v) is 3.39. The molecule has 0 spiro atoms. The maximum absolute atomic E-state index is 9.20. The molecule has 17 heavy (non-hydrogen) atoms. The molecule has 0 saturated heterocycles. The number of hydrogen-bond donors (Lipinski definition) is 1. The molecule has 0 aliphatic carbocycles. The van der Waals surface area contributed by atoms with Crippen molar-refractivity contribution in [2.24, 2.45) is 0 Å². The Morgan fingerprint density at radius 1 is 1.29 bits per heavy atom. The molecular weight excluding hydrogens is 254 g/mol. The molecule has 1 aromatic carbocycles. The number of nitrogens with zero attached hydrogens (tertiary/aromatic N) is 3. The van der Waals surface area contributed by atoms with Crippen molar-refractivity contribution in [2.75, 3.05) is 0 Å². The Morgan fingerprint density at radius 2 is 2.06 bits per heavy atom. The number of benzene rings is 1. The highest BCUT2D eigenvalue weighted by Crippen LogP contribution is 2.31. The molecule has 0 atom stereocenters. The van der Waals surface area contributed by atoms with E-state index >= 15 is 0 Å². The minimum Gasteiger partial charge on any atom is -0.508 e. The summed E-state index contributed by atoms with van der Waals surface area (Å²) in [5.74, 6) is 0.277. The monoisotopic (exact) mass is 263 g/mol. The van der Waals surface area contributed by atoms with Crippen molar-refractivity contribution in [3.05, 3.63) is 36.2 Å². The number of imidazole rings is 1. The molecule has 0 fully saturated rings. The van der Waals surface area contributed by atoms with Gasteiger partial charge in [-0.05, 0) is 31.2 Å². The summed E-state index contributed by atoms with van der Waals surface area (Å²) in [4.78, 5) is 6.31. The van der Waals surface area contributed by atoms with E-state index in [0.717, 1.165) is 19.9 Å². The van der Waals surface area contributed by atoms with Crippen LogP contribution in [0.3, 0.4) is 0 Å². The molecule has 1 N–H and O–H groups in total. The van der Waals surface area contributed by atoms with Crippen LogP contribution in [-0.4, -0.2) is 19.7 Å². The van der Waals surface area contributed by atoms with Gasteiger partial charge in [0, 0.05) is 4.90 Å². The van der Waals surface area contributed by atoms with Crippen molar-refractivity contribution in [2.45, 2.75) is 16.2 Å². The van der Waals surface area contributed by atoms with Crippen LogP contribution >= 0.6 is 23.1 Å². The third-order valence-electron chi connectivity index (χ3n) is 2.19. The SMILES string of the molecule is Cc1cn2nc(Sc3ccc(O)cc3)sc2n1. The Labute approximate surface area is 106 Å². The Morgan fingerprint density at radius 3 is 2.76 bits per heavy atom. The molecule has 0 saturated carbocycles. The number of aromatic nitrogens is 3. The molecule has 0 radical (unpaired) electrons. The topological polar surface area (TPSA) is 50.4 Å². The van der Waals surface area contributed by atoms with Crippen molar-refractivity contribution < 1.29 is 5.11 Å². The second kappa shape index (κ2) is 4.05. The summed E-state index contributed by atoms with van der Waals surface area (Å²) in [6.07, 6.45) is 1.91. The van der Waals surface area contributed by atoms with Gasteiger partial charge in [-0.1, -0.05) is 23.1 Å². The van der Waals surface area contributed by atoms with Gasteiger partial charge in [0.05, 0.1) is 11.9 Å². The lowest BCUT2D eigenvalue weighted by Gasteiger charge is -1.96. The van der Waals surface area contributed by atoms with Crippen molar-refractivity contribution in [1.82, 2.24) is 14.6 Å². The Kier molecular flexibility index (Phi) is 2.53. The molecule has 3 rings (SSSR count). The highest BCUT2D eigenvalue weighted by molar-refractivity contribution is 8.01. The third-order valence-corrected chi connectivity index (χ3v) is 4.17. The predicted octanol–water partition coefficient (Wildman–Crippen LogP) is 2.96. The van der Waals surface area contributed by atoms with Gasteiger partial charge in [0.25, 0.3) is 0 Å². The number of phenolic OH excluding ortho intramolecular Hbond substituents is 1. The Balaban J connectivity index is 1.89. The van der Waals surface area contributed by atoms with Crippen molar-refractivity contribution in [1.29, 1.82) is 0 Å². The lowest BCUT2D eigenvalue weighted by Crippen LogP contribution is -1.80. The lowest BCUT2D eigenvalue weighted by molar-refractivity contribution is 0.475. The van der Waals surface area contributed by atoms with Gasteiger partial charge in [0.2, 0.25) is 4.96 Å². The fraction of sp³-hybridized carbons (Fsp3) is 0.0909. The summed E-state index contributed by atoms with van der Waals surface area (Å²) in [5.41, 5.74) is 0.977. The predicted molar refractivity (Wildman–Crippen MR) is 67.8 cm³/mol. The molecule has 0 amide bonds. The van der Waals surface area contributed by atoms with Gasteiger partial charge >= 0.3 is 0 Å². The quantitative estimate of drug-likeness (QED) is 0.772. The van der Waals surface area contributed by atoms with Crippen LogP contribution in [0.2, 0.25) is 0 Å². The largest absolute Gasteiger partial charge is 0.508 e. The first-order valence-electron chi connectivity index (χ1n) is 5.00. The first-order chi connectivity index (χ1) is 8.20. The maximum atomic E-state index is 9.20. The van der Waals surface area contributed by atoms with Crippen LogP contribution < -0.4 is 0 Å². The van der Waals surface area contributed by atoms with Crippen LogP contribution in [0.5, 0.6) is 5.75 Å². The smallest absolute Gasteiger partial charge is 0.213 e. The van der Waals surface area contributed by atoms with E-state index < -0.39 is 0 Å². The van der Waals surface area contributed by atoms with Crippen LogP contribution in [0.25, 0.3) is 4.96 Å². The average molecular weight is 263 g/mol. The van der Waals surface area contributed by atoms with E-state index in [1.807, 2.05) is 25.3 Å². The normalized spacial score (nSPS) is 11.1. The molecule has 6 heteroatoms. The summed E-state index contributed by atoms with van der Waals surface area (Å²) in [6.45, 7) is 1.95. The first-order valence-corrected chi connectivity index (χ1v) is 6.64. The van der Waals surface area contributed by atoms with Gasteiger partial charge in [-0.15, -0.1) is 5.10 Å². The number of aromatic hydroxyl groups is 1. The Hall–Kier alpha value is -1.53. The molecular formula is C11H9N3OS2. The number of phenols is 1. The molecule has 2 aromatic heterocycles. The molecule has 4 nitrogen and oxygen atoms in total. The molecule has 0 aliphatic heterocycles. The lowest BCUT2D eigenvalue weighted by atomic mass is 10.3. The van der Waals surface area contributed by atoms with E-state index in [0.29, 0.717) is 0 Å². The zero-order valence-corrected chi connectivity index (χ0v) is 10.6. The second-order valence-corrected chi connectivity index (χ2v) is 5.85. The average Bonchev–Trinajstić information content (AvgIpc) is 2.78. The van der Waals surface area contributed by atoms with Crippen molar-refractivity contribution in [3.63, 3.8) is 0 Å². The van der Waals surface area contributed by atoms with E-state index in [-0.39, 0.29) is 5.75 Å². The summed E-state index contributed by atoms with van der Waals surface area (Å²) < 4.78 is 2.74. The molecule has 0 aliphatic rings. The number of hydrogen-bond acceptors (Lipinski definition) is 5. The van der Waals surface area contributed by atoms with Crippen LogP contribution in [0, 0.1) is 6.92 Å². The van der Waals surface area contributed by atoms with Gasteiger partial charge in [-0.3, -0.25) is 0 Å². The Bertz CT molecular complexity index is 625. The van der Waals surface area contributed by atoms with Crippen molar-refractivity contribution >= 4 is 28.1 Å². The van der Waals surface area contributed by atoms with Gasteiger partial charge in [0.15, 0.2) is 4.34 Å². The van der Waals surface area contributed by atoms with Crippen LogP contribution in [0.15, 0.2) is 39.7 Å². The number of aryl methyl sites for hydroxylation is 1. The van der Waals surface area contributed by atoms with Gasteiger partial charge in [0.1, 0.15) is 5.75 Å². The molecule has 2 heterocycles. The minimum atomic E-state index is 0.277. The first kappa shape index (κ1) is 10.6. The van der Waals surface area contributed by atoms with E-state index in [4.69, 9.17) is 0 Å². The van der Waals surface area contributed by atoms with E-state index in [1.54, 1.807) is 39.7 Å². The summed E-state index contributed by atoms with van der Waals surface area (Å²) in [5, 5.41) is 13.6. The summed E-state index contributed by atoms with van der Waals surface area (Å²) in [7, 11) is 0. The second-order valence-electron chi connectivity index (χ2n) is 3.57. The molecule has 0 unspecified atom stereocenters. The summed E-state index contributed by atoms with van der Waals surface area (Å²) >= 11 is 3.13. The highest BCUT2D eigenvalue weighted by Gasteiger charge is 2.07. The maximum Gasteiger partial charge on any atom is 0.213 e. The third kappa shape index (κ3) is 2.13. The van der Waals surface area contributed by atoms with Gasteiger partial charge < -0.3 is 5.11 Å². The fourth-order valence-electron chi connectivity index (χ4n) is 1.45. The zero-order valence-electron chi connectivity index (χ0n) is 8.99. The summed E-state index contributed by atoms with van der Waals surface area (Å²) in [6, 6.07) is 7.08. The standard InChI is InChI=1S/C11H9N3OS2/c1-7-6-14-10(12-7)17-11(13-14)16-9-4-2-8(15)3-5-9/h2-6,15H,1H3. The van der Waals surface area contributed by atoms with Crippen LogP contribution in [0.4, 0.5) is 0 Å². The number of rotatable bonds is 2. The van der Waals surface area contributed by atoms with Crippen LogP contribution in [-0.2, 0) is 0 Å². The van der Waals surface area contributed by atoms with Gasteiger partial charge in [-0.25, -0.2) is 9.50 Å². The van der Waals surface area contributed by atoms with E-state index in [2.05, 4.69) is 10.1 Å². The van der Waals surface area contributed by atoms with Gasteiger partial charge in [-0.2, -0.15) is 0 Å². The zero-order chi connectivity index (χ0) is 11.8. The van der Waals surface area contributed by atoms with Crippen molar-refractivity contribution in [3.8, 4) is 5.75 Å². The molecule has 0 bridgehead atoms. The molecule has 3 aromatic rings. The highest BCUT2D eigenvalue weighted by atomic mass is 32.2.